The standard InChI is InChI=1S/C30H43N3O5/c1-9-20(3)25(32-29(37)38-30(6,7)8)28(36)33(17-18-34)26(23-15-13-19(2)14-16-23)27(35)31-24-21(4)11-10-12-22(24)5/h10-16,20,25-26,34H,9,17-18H2,1-8H3,(H,31,35)(H,32,37). The monoisotopic (exact) mass is 525 g/mol. The summed E-state index contributed by atoms with van der Waals surface area (Å²) in [6.45, 7) is 14.3. The van der Waals surface area contributed by atoms with Crippen LogP contribution in [0.1, 0.15) is 69.3 Å². The van der Waals surface area contributed by atoms with Gasteiger partial charge in [-0.25, -0.2) is 4.79 Å². The lowest BCUT2D eigenvalue weighted by Crippen LogP contribution is -2.55. The fourth-order valence-electron chi connectivity index (χ4n) is 4.20. The summed E-state index contributed by atoms with van der Waals surface area (Å²) >= 11 is 0. The minimum Gasteiger partial charge on any atom is -0.444 e. The first-order valence-electron chi connectivity index (χ1n) is 13.1. The Morgan fingerprint density at radius 1 is 1.00 bits per heavy atom. The molecule has 3 amide bonds. The van der Waals surface area contributed by atoms with Gasteiger partial charge in [0.25, 0.3) is 5.91 Å². The van der Waals surface area contributed by atoms with Crippen LogP contribution in [0.15, 0.2) is 42.5 Å². The smallest absolute Gasteiger partial charge is 0.408 e. The number of hydrogen-bond acceptors (Lipinski definition) is 5. The highest BCUT2D eigenvalue weighted by molar-refractivity contribution is 6.00. The topological polar surface area (TPSA) is 108 Å². The van der Waals surface area contributed by atoms with Crippen LogP contribution in [0.2, 0.25) is 0 Å². The van der Waals surface area contributed by atoms with E-state index in [0.717, 1.165) is 16.7 Å². The van der Waals surface area contributed by atoms with Crippen molar-refractivity contribution >= 4 is 23.6 Å². The normalized spacial score (nSPS) is 13.7. The Bertz CT molecular complexity index is 1090. The van der Waals surface area contributed by atoms with Gasteiger partial charge in [0.05, 0.1) is 6.61 Å². The van der Waals surface area contributed by atoms with Gasteiger partial charge in [-0.15, -0.1) is 0 Å². The second-order valence-corrected chi connectivity index (χ2v) is 10.8. The quantitative estimate of drug-likeness (QED) is 0.402. The van der Waals surface area contributed by atoms with Crippen LogP contribution in [-0.4, -0.2) is 52.7 Å². The Morgan fingerprint density at radius 3 is 2.08 bits per heavy atom. The Morgan fingerprint density at radius 2 is 1.58 bits per heavy atom. The highest BCUT2D eigenvalue weighted by Gasteiger charge is 2.38. The van der Waals surface area contributed by atoms with Gasteiger partial charge in [-0.05, 0) is 64.2 Å². The van der Waals surface area contributed by atoms with Crippen molar-refractivity contribution in [1.29, 1.82) is 0 Å². The molecule has 0 spiro atoms. The predicted molar refractivity (Wildman–Crippen MR) is 150 cm³/mol. The molecule has 0 aliphatic heterocycles. The molecule has 0 bridgehead atoms. The van der Waals surface area contributed by atoms with Crippen LogP contribution in [0.5, 0.6) is 0 Å². The molecule has 3 atom stereocenters. The van der Waals surface area contributed by atoms with E-state index in [2.05, 4.69) is 10.6 Å². The maximum atomic E-state index is 14.1. The number of aliphatic hydroxyl groups excluding tert-OH is 1. The fourth-order valence-corrected chi connectivity index (χ4v) is 4.20. The number of hydrogen-bond donors (Lipinski definition) is 3. The Balaban J connectivity index is 2.55. The first-order chi connectivity index (χ1) is 17.8. The third kappa shape index (κ3) is 8.31. The zero-order valence-electron chi connectivity index (χ0n) is 23.9. The van der Waals surface area contributed by atoms with E-state index in [1.54, 1.807) is 20.8 Å². The molecule has 3 unspecified atom stereocenters. The van der Waals surface area contributed by atoms with E-state index < -0.39 is 35.6 Å². The van der Waals surface area contributed by atoms with Gasteiger partial charge in [0, 0.05) is 12.2 Å². The lowest BCUT2D eigenvalue weighted by Gasteiger charge is -2.36. The molecule has 0 saturated heterocycles. The van der Waals surface area contributed by atoms with Crippen molar-refractivity contribution in [2.75, 3.05) is 18.5 Å². The molecule has 0 aliphatic rings. The predicted octanol–water partition coefficient (Wildman–Crippen LogP) is 5.05. The summed E-state index contributed by atoms with van der Waals surface area (Å²) in [5.74, 6) is -1.13. The molecule has 0 aliphatic carbocycles. The van der Waals surface area contributed by atoms with E-state index in [9.17, 15) is 19.5 Å². The van der Waals surface area contributed by atoms with E-state index in [0.29, 0.717) is 17.7 Å². The van der Waals surface area contributed by atoms with Crippen LogP contribution < -0.4 is 10.6 Å². The molecule has 8 nitrogen and oxygen atoms in total. The maximum Gasteiger partial charge on any atom is 0.408 e. The Hall–Kier alpha value is -3.39. The average molecular weight is 526 g/mol. The second kappa shape index (κ2) is 13.4. The third-order valence-corrected chi connectivity index (χ3v) is 6.46. The van der Waals surface area contributed by atoms with E-state index in [1.807, 2.05) is 77.1 Å². The molecule has 0 saturated carbocycles. The average Bonchev–Trinajstić information content (AvgIpc) is 2.83. The summed E-state index contributed by atoms with van der Waals surface area (Å²) in [4.78, 5) is 42.0. The number of alkyl carbamates (subject to hydrolysis) is 1. The van der Waals surface area contributed by atoms with Gasteiger partial charge in [-0.2, -0.15) is 0 Å². The zero-order valence-corrected chi connectivity index (χ0v) is 23.9. The highest BCUT2D eigenvalue weighted by Crippen LogP contribution is 2.28. The molecular formula is C30H43N3O5. The molecule has 2 aromatic rings. The van der Waals surface area contributed by atoms with E-state index >= 15 is 0 Å². The van der Waals surface area contributed by atoms with Crippen molar-refractivity contribution in [3.8, 4) is 0 Å². The molecular weight excluding hydrogens is 482 g/mol. The summed E-state index contributed by atoms with van der Waals surface area (Å²) < 4.78 is 5.41. The molecule has 2 aromatic carbocycles. The number of aryl methyl sites for hydroxylation is 3. The number of ether oxygens (including phenoxy) is 1. The van der Waals surface area contributed by atoms with Crippen molar-refractivity contribution in [3.63, 3.8) is 0 Å². The lowest BCUT2D eigenvalue weighted by atomic mass is 9.95. The van der Waals surface area contributed by atoms with E-state index in [4.69, 9.17) is 4.74 Å². The molecule has 0 radical (unpaired) electrons. The summed E-state index contributed by atoms with van der Waals surface area (Å²) in [6.07, 6.45) is -0.116. The molecule has 3 N–H and O–H groups in total. The highest BCUT2D eigenvalue weighted by atomic mass is 16.6. The first kappa shape index (κ1) is 30.8. The van der Waals surface area contributed by atoms with Crippen LogP contribution in [-0.2, 0) is 14.3 Å². The fraction of sp³-hybridized carbons (Fsp3) is 0.500. The van der Waals surface area contributed by atoms with Gasteiger partial charge < -0.3 is 25.4 Å². The number of benzene rings is 2. The summed E-state index contributed by atoms with van der Waals surface area (Å²) in [5, 5.41) is 15.7. The lowest BCUT2D eigenvalue weighted by molar-refractivity contribution is -0.142. The number of para-hydroxylation sites is 1. The van der Waals surface area contributed by atoms with Crippen LogP contribution in [0.3, 0.4) is 0 Å². The Labute approximate surface area is 226 Å². The van der Waals surface area contributed by atoms with Gasteiger partial charge in [0.2, 0.25) is 5.91 Å². The number of aliphatic hydroxyl groups is 1. The Kier molecular flexibility index (Phi) is 10.9. The van der Waals surface area contributed by atoms with Crippen LogP contribution in [0, 0.1) is 26.7 Å². The SMILES string of the molecule is CCC(C)C(NC(=O)OC(C)(C)C)C(=O)N(CCO)C(C(=O)Nc1c(C)cccc1C)c1ccc(C)cc1. The van der Waals surface area contributed by atoms with Crippen molar-refractivity contribution in [2.24, 2.45) is 5.92 Å². The molecule has 2 rings (SSSR count). The minimum atomic E-state index is -1.04. The van der Waals surface area contributed by atoms with Crippen molar-refractivity contribution < 1.29 is 24.2 Å². The van der Waals surface area contributed by atoms with Gasteiger partial charge in [0.15, 0.2) is 0 Å². The zero-order chi connectivity index (χ0) is 28.6. The first-order valence-corrected chi connectivity index (χ1v) is 13.1. The van der Waals surface area contributed by atoms with Crippen LogP contribution >= 0.6 is 0 Å². The van der Waals surface area contributed by atoms with Gasteiger partial charge in [0.1, 0.15) is 17.7 Å². The molecule has 0 aromatic heterocycles. The maximum absolute atomic E-state index is 14.1. The number of nitrogens with one attached hydrogen (secondary N) is 2. The van der Waals surface area contributed by atoms with Gasteiger partial charge in [-0.3, -0.25) is 9.59 Å². The second-order valence-electron chi connectivity index (χ2n) is 10.8. The number of nitrogens with zero attached hydrogens (tertiary/aromatic N) is 1. The van der Waals surface area contributed by atoms with E-state index in [-0.39, 0.29) is 19.1 Å². The third-order valence-electron chi connectivity index (χ3n) is 6.46. The van der Waals surface area contributed by atoms with Crippen LogP contribution in [0.25, 0.3) is 0 Å². The van der Waals surface area contributed by atoms with Crippen molar-refractivity contribution in [3.05, 3.63) is 64.7 Å². The van der Waals surface area contributed by atoms with Crippen LogP contribution in [0.4, 0.5) is 10.5 Å². The largest absolute Gasteiger partial charge is 0.444 e. The number of amides is 3. The molecule has 8 heteroatoms. The number of rotatable bonds is 10. The number of anilines is 1. The number of carbonyl (C=O) groups is 3. The molecule has 208 valence electrons. The molecule has 0 fully saturated rings. The minimum absolute atomic E-state index is 0.0967. The summed E-state index contributed by atoms with van der Waals surface area (Å²) in [7, 11) is 0. The number of carbonyl (C=O) groups excluding carboxylic acids is 3. The summed E-state index contributed by atoms with van der Waals surface area (Å²) in [5.41, 5.74) is 3.33. The molecule has 0 heterocycles. The van der Waals surface area contributed by atoms with Gasteiger partial charge in [-0.1, -0.05) is 68.3 Å². The van der Waals surface area contributed by atoms with E-state index in [1.165, 1.54) is 4.90 Å². The molecule has 38 heavy (non-hydrogen) atoms. The summed E-state index contributed by atoms with van der Waals surface area (Å²) in [6, 6.07) is 11.1. The van der Waals surface area contributed by atoms with Crippen molar-refractivity contribution in [1.82, 2.24) is 10.2 Å². The van der Waals surface area contributed by atoms with Gasteiger partial charge >= 0.3 is 6.09 Å². The van der Waals surface area contributed by atoms with Crippen molar-refractivity contribution in [2.45, 2.75) is 79.5 Å².